The lowest BCUT2D eigenvalue weighted by molar-refractivity contribution is -0.134. The number of nitrogens with zero attached hydrogens (tertiary/aromatic N) is 2. The van der Waals surface area contributed by atoms with Crippen LogP contribution in [-0.2, 0) is 4.79 Å². The summed E-state index contributed by atoms with van der Waals surface area (Å²) in [5.41, 5.74) is 5.86. The molecule has 0 aliphatic carbocycles. The maximum atomic E-state index is 12.0. The van der Waals surface area contributed by atoms with E-state index in [1.54, 1.807) is 0 Å². The molecule has 0 aromatic rings. The molecular formula is C12H25N3O. The molecule has 0 aromatic carbocycles. The highest BCUT2D eigenvalue weighted by Gasteiger charge is 2.26. The summed E-state index contributed by atoms with van der Waals surface area (Å²) in [6, 6.07) is 0.0706. The van der Waals surface area contributed by atoms with Crippen LogP contribution in [0.1, 0.15) is 32.6 Å². The minimum atomic E-state index is -0.311. The molecule has 1 aliphatic heterocycles. The van der Waals surface area contributed by atoms with Gasteiger partial charge < -0.3 is 15.5 Å². The van der Waals surface area contributed by atoms with Crippen molar-refractivity contribution in [3.63, 3.8) is 0 Å². The average Bonchev–Trinajstić information content (AvgIpc) is 2.28. The fourth-order valence-corrected chi connectivity index (χ4v) is 2.26. The number of carbonyl (C=O) groups is 1. The number of carbonyl (C=O) groups excluding carboxylic acids is 1. The van der Waals surface area contributed by atoms with Gasteiger partial charge in [0.2, 0.25) is 5.91 Å². The van der Waals surface area contributed by atoms with Crippen LogP contribution in [0.5, 0.6) is 0 Å². The molecule has 0 spiro atoms. The molecule has 0 aromatic heterocycles. The van der Waals surface area contributed by atoms with Gasteiger partial charge in [-0.1, -0.05) is 13.3 Å². The summed E-state index contributed by atoms with van der Waals surface area (Å²) < 4.78 is 0. The van der Waals surface area contributed by atoms with E-state index in [-0.39, 0.29) is 11.9 Å². The van der Waals surface area contributed by atoms with Crippen LogP contribution in [0.3, 0.4) is 0 Å². The van der Waals surface area contributed by atoms with Crippen molar-refractivity contribution in [2.24, 2.45) is 5.73 Å². The van der Waals surface area contributed by atoms with Gasteiger partial charge in [-0.15, -0.1) is 0 Å². The molecule has 1 atom stereocenters. The van der Waals surface area contributed by atoms with E-state index in [0.717, 1.165) is 38.8 Å². The zero-order valence-electron chi connectivity index (χ0n) is 10.8. The van der Waals surface area contributed by atoms with Crippen molar-refractivity contribution >= 4 is 5.91 Å². The number of nitrogens with two attached hydrogens (primary N) is 1. The SMILES string of the molecule is CCC[C@@H](N)C(=O)N(C)C1CCN(C)CC1. The zero-order valence-corrected chi connectivity index (χ0v) is 10.8. The molecule has 1 rings (SSSR count). The Morgan fingerprint density at radius 1 is 1.50 bits per heavy atom. The Morgan fingerprint density at radius 3 is 2.56 bits per heavy atom. The van der Waals surface area contributed by atoms with E-state index in [9.17, 15) is 4.79 Å². The van der Waals surface area contributed by atoms with Crippen molar-refractivity contribution < 1.29 is 4.79 Å². The first-order valence-electron chi connectivity index (χ1n) is 6.27. The van der Waals surface area contributed by atoms with Crippen LogP contribution >= 0.6 is 0 Å². The predicted molar refractivity (Wildman–Crippen MR) is 66.2 cm³/mol. The third-order valence-electron chi connectivity index (χ3n) is 3.50. The highest BCUT2D eigenvalue weighted by Crippen LogP contribution is 2.15. The van der Waals surface area contributed by atoms with Crippen LogP contribution in [0.4, 0.5) is 0 Å². The van der Waals surface area contributed by atoms with Gasteiger partial charge in [-0.3, -0.25) is 4.79 Å². The standard InChI is InChI=1S/C12H25N3O/c1-4-5-11(13)12(16)15(3)10-6-8-14(2)9-7-10/h10-11H,4-9,13H2,1-3H3/t11-/m1/s1. The second kappa shape index (κ2) is 6.21. The first kappa shape index (κ1) is 13.5. The van der Waals surface area contributed by atoms with Crippen molar-refractivity contribution in [3.05, 3.63) is 0 Å². The fraction of sp³-hybridized carbons (Fsp3) is 0.917. The second-order valence-corrected chi connectivity index (χ2v) is 4.88. The molecule has 1 amide bonds. The summed E-state index contributed by atoms with van der Waals surface area (Å²) in [4.78, 5) is 16.2. The van der Waals surface area contributed by atoms with Crippen molar-refractivity contribution in [1.29, 1.82) is 0 Å². The Balaban J connectivity index is 2.44. The largest absolute Gasteiger partial charge is 0.341 e. The molecule has 2 N–H and O–H groups in total. The van der Waals surface area contributed by atoms with E-state index < -0.39 is 0 Å². The quantitative estimate of drug-likeness (QED) is 0.768. The first-order valence-corrected chi connectivity index (χ1v) is 6.27. The van der Waals surface area contributed by atoms with Crippen molar-refractivity contribution in [3.8, 4) is 0 Å². The molecular weight excluding hydrogens is 202 g/mol. The first-order chi connectivity index (χ1) is 7.56. The van der Waals surface area contributed by atoms with Gasteiger partial charge in [-0.05, 0) is 39.4 Å². The second-order valence-electron chi connectivity index (χ2n) is 4.88. The number of rotatable bonds is 4. The molecule has 16 heavy (non-hydrogen) atoms. The van der Waals surface area contributed by atoms with Crippen molar-refractivity contribution in [1.82, 2.24) is 9.80 Å². The smallest absolute Gasteiger partial charge is 0.239 e. The van der Waals surface area contributed by atoms with Gasteiger partial charge in [0.15, 0.2) is 0 Å². The van der Waals surface area contributed by atoms with Crippen LogP contribution in [0.2, 0.25) is 0 Å². The lowest BCUT2D eigenvalue weighted by Crippen LogP contribution is -2.49. The number of likely N-dealkylation sites (tertiary alicyclic amines) is 1. The van der Waals surface area contributed by atoms with E-state index in [4.69, 9.17) is 5.73 Å². The summed E-state index contributed by atoms with van der Waals surface area (Å²) in [5.74, 6) is 0.108. The van der Waals surface area contributed by atoms with E-state index in [2.05, 4.69) is 18.9 Å². The van der Waals surface area contributed by atoms with E-state index in [1.807, 2.05) is 11.9 Å². The average molecular weight is 227 g/mol. The zero-order chi connectivity index (χ0) is 12.1. The summed E-state index contributed by atoms with van der Waals surface area (Å²) in [6.07, 6.45) is 3.89. The van der Waals surface area contributed by atoms with Gasteiger partial charge in [0.25, 0.3) is 0 Å². The Hall–Kier alpha value is -0.610. The topological polar surface area (TPSA) is 49.6 Å². The van der Waals surface area contributed by atoms with Crippen LogP contribution in [0.15, 0.2) is 0 Å². The molecule has 1 aliphatic rings. The highest BCUT2D eigenvalue weighted by molar-refractivity contribution is 5.81. The van der Waals surface area contributed by atoms with Crippen LogP contribution in [-0.4, -0.2) is 55.0 Å². The molecule has 0 radical (unpaired) electrons. The lowest BCUT2D eigenvalue weighted by Gasteiger charge is -2.36. The third kappa shape index (κ3) is 3.46. The number of piperidine rings is 1. The molecule has 4 heteroatoms. The van der Waals surface area contributed by atoms with Gasteiger partial charge in [-0.25, -0.2) is 0 Å². The minimum absolute atomic E-state index is 0.108. The summed E-state index contributed by atoms with van der Waals surface area (Å²) in [7, 11) is 4.02. The van der Waals surface area contributed by atoms with Gasteiger partial charge in [0, 0.05) is 13.1 Å². The van der Waals surface area contributed by atoms with E-state index in [1.165, 1.54) is 0 Å². The molecule has 0 bridgehead atoms. The van der Waals surface area contributed by atoms with Gasteiger partial charge >= 0.3 is 0 Å². The normalized spacial score (nSPS) is 20.8. The van der Waals surface area contributed by atoms with Crippen LogP contribution in [0, 0.1) is 0 Å². The number of hydrogen-bond donors (Lipinski definition) is 1. The summed E-state index contributed by atoms with van der Waals surface area (Å²) in [6.45, 7) is 4.21. The van der Waals surface area contributed by atoms with Gasteiger partial charge in [-0.2, -0.15) is 0 Å². The van der Waals surface area contributed by atoms with Crippen LogP contribution < -0.4 is 5.73 Å². The van der Waals surface area contributed by atoms with Crippen molar-refractivity contribution in [2.45, 2.75) is 44.7 Å². The Morgan fingerprint density at radius 2 is 2.06 bits per heavy atom. The molecule has 1 heterocycles. The lowest BCUT2D eigenvalue weighted by atomic mass is 10.0. The monoisotopic (exact) mass is 227 g/mol. The Labute approximate surface area is 98.8 Å². The molecule has 4 nitrogen and oxygen atoms in total. The Kier molecular flexibility index (Phi) is 5.22. The maximum Gasteiger partial charge on any atom is 0.239 e. The van der Waals surface area contributed by atoms with Gasteiger partial charge in [0.05, 0.1) is 6.04 Å². The third-order valence-corrected chi connectivity index (χ3v) is 3.50. The molecule has 94 valence electrons. The van der Waals surface area contributed by atoms with E-state index >= 15 is 0 Å². The predicted octanol–water partition coefficient (Wildman–Crippen LogP) is 0.666. The summed E-state index contributed by atoms with van der Waals surface area (Å²) in [5, 5.41) is 0. The minimum Gasteiger partial charge on any atom is -0.341 e. The maximum absolute atomic E-state index is 12.0. The molecule has 1 saturated heterocycles. The fourth-order valence-electron chi connectivity index (χ4n) is 2.26. The highest BCUT2D eigenvalue weighted by atomic mass is 16.2. The van der Waals surface area contributed by atoms with Crippen LogP contribution in [0.25, 0.3) is 0 Å². The molecule has 0 saturated carbocycles. The van der Waals surface area contributed by atoms with Crippen molar-refractivity contribution in [2.75, 3.05) is 27.2 Å². The number of hydrogen-bond acceptors (Lipinski definition) is 3. The molecule has 1 fully saturated rings. The number of likely N-dealkylation sites (N-methyl/N-ethyl adjacent to an activating group) is 1. The van der Waals surface area contributed by atoms with Gasteiger partial charge in [0.1, 0.15) is 0 Å². The summed E-state index contributed by atoms with van der Waals surface area (Å²) >= 11 is 0. The Bertz CT molecular complexity index is 224. The number of amides is 1. The van der Waals surface area contributed by atoms with E-state index in [0.29, 0.717) is 6.04 Å². The molecule has 0 unspecified atom stereocenters.